The van der Waals surface area contributed by atoms with E-state index in [1.165, 1.54) is 0 Å². The third-order valence-electron chi connectivity index (χ3n) is 1.66. The highest BCUT2D eigenvalue weighted by Gasteiger charge is 2.26. The van der Waals surface area contributed by atoms with Crippen molar-refractivity contribution in [2.75, 3.05) is 0 Å². The molecule has 1 N–H and O–H groups in total. The van der Waals surface area contributed by atoms with Gasteiger partial charge in [0.05, 0.1) is 5.92 Å². The first-order chi connectivity index (χ1) is 6.15. The van der Waals surface area contributed by atoms with Crippen LogP contribution in [0.4, 0.5) is 0 Å². The molecule has 0 saturated carbocycles. The molecular weight excluding hydrogens is 178 g/mol. The van der Waals surface area contributed by atoms with Crippen LogP contribution in [0.2, 0.25) is 0 Å². The Labute approximate surface area is 73.8 Å². The molecule has 0 radical (unpaired) electrons. The number of rotatable bonds is 1. The number of carbonyl (C=O) groups excluding carboxylic acids is 2. The smallest absolute Gasteiger partial charge is 0.320 e. The van der Waals surface area contributed by atoms with Crippen LogP contribution in [0.3, 0.4) is 0 Å². The molecule has 0 amide bonds. The Kier molecular flexibility index (Phi) is 2.91. The van der Waals surface area contributed by atoms with Gasteiger partial charge in [0.2, 0.25) is 0 Å². The van der Waals surface area contributed by atoms with E-state index in [1.807, 2.05) is 0 Å². The quantitative estimate of drug-likeness (QED) is 0.609. The molecule has 1 aliphatic heterocycles. The van der Waals surface area contributed by atoms with Crippen molar-refractivity contribution >= 4 is 11.9 Å². The number of hydrogen-bond donors (Lipinski definition) is 1. The third-order valence-corrected chi connectivity index (χ3v) is 1.66. The lowest BCUT2D eigenvalue weighted by molar-refractivity contribution is -0.161. The van der Waals surface area contributed by atoms with Crippen LogP contribution in [0.5, 0.6) is 0 Å². The van der Waals surface area contributed by atoms with Crippen LogP contribution in [-0.2, 0) is 19.3 Å². The molecule has 2 atom stereocenters. The molecule has 72 valence electrons. The summed E-state index contributed by atoms with van der Waals surface area (Å²) in [5.74, 6) is -1.90. The van der Waals surface area contributed by atoms with E-state index >= 15 is 0 Å². The molecule has 0 aromatic heterocycles. The molecule has 0 aromatic carbocycles. The molecule has 1 aliphatic rings. The van der Waals surface area contributed by atoms with Crippen LogP contribution < -0.4 is 0 Å². The monoisotopic (exact) mass is 186 g/mol. The van der Waals surface area contributed by atoms with Gasteiger partial charge < -0.3 is 9.68 Å². The second-order valence-corrected chi connectivity index (χ2v) is 2.68. The fourth-order valence-corrected chi connectivity index (χ4v) is 0.876. The van der Waals surface area contributed by atoms with Crippen molar-refractivity contribution in [3.8, 4) is 0 Å². The molecular formula is C6H8N3O4-. The van der Waals surface area contributed by atoms with E-state index in [0.717, 1.165) is 0 Å². The molecule has 0 aromatic rings. The first-order valence-corrected chi connectivity index (χ1v) is 3.63. The number of nitrogens with zero attached hydrogens (tertiary/aromatic N) is 2. The lowest BCUT2D eigenvalue weighted by Gasteiger charge is -2.27. The van der Waals surface area contributed by atoms with E-state index in [1.54, 1.807) is 6.92 Å². The zero-order valence-corrected chi connectivity index (χ0v) is 6.89. The summed E-state index contributed by atoms with van der Waals surface area (Å²) < 4.78 is 0. The maximum absolute atomic E-state index is 10.9. The second kappa shape index (κ2) is 3.94. The van der Waals surface area contributed by atoms with E-state index in [-0.39, 0.29) is 6.42 Å². The fraction of sp³-hybridized carbons (Fsp3) is 0.667. The Morgan fingerprint density at radius 1 is 1.46 bits per heavy atom. The Morgan fingerprint density at radius 2 is 2.08 bits per heavy atom. The summed E-state index contributed by atoms with van der Waals surface area (Å²) in [6.45, 7) is 1.56. The summed E-state index contributed by atoms with van der Waals surface area (Å²) in [6, 6.07) is -0.966. The summed E-state index contributed by atoms with van der Waals surface area (Å²) in [7, 11) is 0. The SMILES string of the molecule is CC1CC(N=N)C(=O)O[N-]OC1=O. The zero-order valence-electron chi connectivity index (χ0n) is 6.89. The number of carbonyl (C=O) groups is 2. The van der Waals surface area contributed by atoms with E-state index in [4.69, 9.17) is 5.53 Å². The van der Waals surface area contributed by atoms with Gasteiger partial charge in [-0.15, -0.1) is 0 Å². The van der Waals surface area contributed by atoms with Gasteiger partial charge in [-0.3, -0.25) is 15.2 Å². The molecule has 1 rings (SSSR count). The average molecular weight is 186 g/mol. The maximum atomic E-state index is 10.9. The molecule has 13 heavy (non-hydrogen) atoms. The predicted octanol–water partition coefficient (Wildman–Crippen LogP) is 0.716. The Balaban J connectivity index is 2.69. The standard InChI is InChI=1S/C6H8N3O4/c1-3-2-4(8-7)6(11)13-9-12-5(3)10/h3-4,7H,2H2,1H3/q-1. The lowest BCUT2D eigenvalue weighted by Crippen LogP contribution is -2.29. The molecule has 1 saturated heterocycles. The molecule has 7 heteroatoms. The van der Waals surface area contributed by atoms with Crippen LogP contribution in [0.25, 0.3) is 5.64 Å². The van der Waals surface area contributed by atoms with Crippen LogP contribution in [0, 0.1) is 11.4 Å². The molecule has 0 bridgehead atoms. The summed E-state index contributed by atoms with van der Waals surface area (Å²) in [6.07, 6.45) is 0.108. The van der Waals surface area contributed by atoms with Gasteiger partial charge in [-0.1, -0.05) is 6.92 Å². The minimum absolute atomic E-state index is 0.108. The Morgan fingerprint density at radius 3 is 2.69 bits per heavy atom. The van der Waals surface area contributed by atoms with Gasteiger partial charge in [0.15, 0.2) is 6.04 Å². The first kappa shape index (κ1) is 9.59. The topological polar surface area (TPSA) is 103 Å². The number of hydrogen-bond acceptors (Lipinski definition) is 6. The largest absolute Gasteiger partial charge is 0.528 e. The molecule has 2 unspecified atom stereocenters. The van der Waals surface area contributed by atoms with Crippen LogP contribution in [0.1, 0.15) is 13.3 Å². The van der Waals surface area contributed by atoms with Gasteiger partial charge in [0.25, 0.3) is 5.97 Å². The maximum Gasteiger partial charge on any atom is 0.320 e. The average Bonchev–Trinajstić information content (AvgIpc) is 2.11. The van der Waals surface area contributed by atoms with Crippen molar-refractivity contribution in [3.63, 3.8) is 0 Å². The minimum Gasteiger partial charge on any atom is -0.528 e. The predicted molar refractivity (Wildman–Crippen MR) is 38.3 cm³/mol. The van der Waals surface area contributed by atoms with Crippen molar-refractivity contribution in [2.45, 2.75) is 19.4 Å². The minimum atomic E-state index is -0.966. The highest BCUT2D eigenvalue weighted by molar-refractivity contribution is 5.80. The molecule has 1 heterocycles. The van der Waals surface area contributed by atoms with E-state index in [9.17, 15) is 9.59 Å². The van der Waals surface area contributed by atoms with Crippen LogP contribution in [0.15, 0.2) is 5.11 Å². The number of nitrogens with one attached hydrogen (secondary N) is 1. The fourth-order valence-electron chi connectivity index (χ4n) is 0.876. The van der Waals surface area contributed by atoms with Crippen LogP contribution >= 0.6 is 0 Å². The third kappa shape index (κ3) is 2.22. The van der Waals surface area contributed by atoms with E-state index < -0.39 is 23.9 Å². The normalized spacial score (nSPS) is 29.6. The zero-order chi connectivity index (χ0) is 9.84. The van der Waals surface area contributed by atoms with Gasteiger partial charge in [-0.25, -0.2) is 5.53 Å². The first-order valence-electron chi connectivity index (χ1n) is 3.63. The highest BCUT2D eigenvalue weighted by atomic mass is 16.9. The summed E-state index contributed by atoms with van der Waals surface area (Å²) in [5.41, 5.74) is 9.48. The van der Waals surface area contributed by atoms with Crippen molar-refractivity contribution < 1.29 is 19.3 Å². The van der Waals surface area contributed by atoms with Crippen molar-refractivity contribution in [3.05, 3.63) is 5.64 Å². The molecule has 7 nitrogen and oxygen atoms in total. The van der Waals surface area contributed by atoms with Crippen molar-refractivity contribution in [1.29, 1.82) is 5.53 Å². The van der Waals surface area contributed by atoms with Gasteiger partial charge in [-0.2, -0.15) is 5.11 Å². The molecule has 1 fully saturated rings. The van der Waals surface area contributed by atoms with Crippen molar-refractivity contribution in [1.82, 2.24) is 0 Å². The summed E-state index contributed by atoms with van der Waals surface area (Å²) in [4.78, 5) is 30.2. The van der Waals surface area contributed by atoms with E-state index in [0.29, 0.717) is 0 Å². The second-order valence-electron chi connectivity index (χ2n) is 2.68. The summed E-state index contributed by atoms with van der Waals surface area (Å²) in [5, 5.41) is 3.02. The van der Waals surface area contributed by atoms with E-state index in [2.05, 4.69) is 20.4 Å². The Bertz CT molecular complexity index is 242. The van der Waals surface area contributed by atoms with Crippen molar-refractivity contribution in [2.24, 2.45) is 11.0 Å². The van der Waals surface area contributed by atoms with Gasteiger partial charge in [-0.05, 0) is 6.42 Å². The summed E-state index contributed by atoms with van der Waals surface area (Å²) >= 11 is 0. The highest BCUT2D eigenvalue weighted by Crippen LogP contribution is 2.17. The Hall–Kier alpha value is -1.50. The van der Waals surface area contributed by atoms with Gasteiger partial charge in [0.1, 0.15) is 0 Å². The van der Waals surface area contributed by atoms with Gasteiger partial charge >= 0.3 is 5.97 Å². The van der Waals surface area contributed by atoms with Gasteiger partial charge in [0, 0.05) is 0 Å². The molecule has 0 aliphatic carbocycles. The lowest BCUT2D eigenvalue weighted by atomic mass is 10.0. The molecule has 0 spiro atoms. The van der Waals surface area contributed by atoms with Crippen LogP contribution in [-0.4, -0.2) is 18.0 Å².